The van der Waals surface area contributed by atoms with E-state index in [9.17, 15) is 26.4 Å². The number of hydrogen-bond acceptors (Lipinski definition) is 4. The quantitative estimate of drug-likeness (QED) is 0.511. The van der Waals surface area contributed by atoms with Gasteiger partial charge in [-0.05, 0) is 41.8 Å². The van der Waals surface area contributed by atoms with Crippen molar-refractivity contribution >= 4 is 15.9 Å². The summed E-state index contributed by atoms with van der Waals surface area (Å²) in [5, 5.41) is 8.84. The number of halogens is 3. The third-order valence-electron chi connectivity index (χ3n) is 5.07. The van der Waals surface area contributed by atoms with Crippen LogP contribution < -0.4 is 0 Å². The number of amides is 1. The van der Waals surface area contributed by atoms with E-state index in [-0.39, 0.29) is 24.3 Å². The molecule has 2 aromatic rings. The predicted molar refractivity (Wildman–Crippen MR) is 117 cm³/mol. The minimum Gasteiger partial charge on any atom is -0.329 e. The van der Waals surface area contributed by atoms with Crippen molar-refractivity contribution in [3.8, 4) is 6.07 Å². The van der Waals surface area contributed by atoms with Crippen molar-refractivity contribution in [2.45, 2.75) is 44.3 Å². The Balaban J connectivity index is 2.08. The van der Waals surface area contributed by atoms with Crippen LogP contribution in [0.3, 0.4) is 0 Å². The maximum Gasteiger partial charge on any atom is 0.406 e. The van der Waals surface area contributed by atoms with Crippen LogP contribution in [-0.2, 0) is 27.8 Å². The van der Waals surface area contributed by atoms with Crippen molar-refractivity contribution in [2.75, 3.05) is 19.6 Å². The molecule has 0 saturated carbocycles. The molecule has 2 rings (SSSR count). The highest BCUT2D eigenvalue weighted by Gasteiger charge is 2.33. The van der Waals surface area contributed by atoms with Gasteiger partial charge in [-0.15, -0.1) is 0 Å². The molecule has 1 amide bonds. The van der Waals surface area contributed by atoms with Gasteiger partial charge in [0, 0.05) is 26.1 Å². The summed E-state index contributed by atoms with van der Waals surface area (Å²) in [6, 6.07) is 14.0. The smallest absolute Gasteiger partial charge is 0.329 e. The van der Waals surface area contributed by atoms with E-state index in [4.69, 9.17) is 5.26 Å². The highest BCUT2D eigenvalue weighted by atomic mass is 32.2. The first-order valence-electron chi connectivity index (χ1n) is 10.4. The van der Waals surface area contributed by atoms with Crippen LogP contribution in [0, 0.1) is 11.3 Å². The van der Waals surface area contributed by atoms with E-state index >= 15 is 0 Å². The Morgan fingerprint density at radius 2 is 1.52 bits per heavy atom. The summed E-state index contributed by atoms with van der Waals surface area (Å²) >= 11 is 0. The number of aryl methyl sites for hydroxylation is 1. The van der Waals surface area contributed by atoms with Gasteiger partial charge in [0.1, 0.15) is 6.54 Å². The third kappa shape index (κ3) is 7.58. The molecule has 33 heavy (non-hydrogen) atoms. The first-order valence-corrected chi connectivity index (χ1v) is 11.9. The van der Waals surface area contributed by atoms with Crippen molar-refractivity contribution in [1.82, 2.24) is 9.21 Å². The fourth-order valence-electron chi connectivity index (χ4n) is 3.30. The summed E-state index contributed by atoms with van der Waals surface area (Å²) < 4.78 is 65.5. The molecule has 0 heterocycles. The zero-order valence-electron chi connectivity index (χ0n) is 18.5. The van der Waals surface area contributed by atoms with E-state index in [0.717, 1.165) is 4.90 Å². The highest BCUT2D eigenvalue weighted by molar-refractivity contribution is 7.89. The van der Waals surface area contributed by atoms with Gasteiger partial charge >= 0.3 is 6.18 Å². The van der Waals surface area contributed by atoms with Crippen LogP contribution >= 0.6 is 0 Å². The van der Waals surface area contributed by atoms with Crippen LogP contribution in [0.25, 0.3) is 0 Å². The summed E-state index contributed by atoms with van der Waals surface area (Å²) in [5.74, 6) is -0.670. The molecule has 0 fully saturated rings. The van der Waals surface area contributed by atoms with Crippen LogP contribution in [0.4, 0.5) is 13.2 Å². The maximum atomic E-state index is 13.0. The third-order valence-corrected chi connectivity index (χ3v) is 7.14. The number of carbonyl (C=O) groups is 1. The summed E-state index contributed by atoms with van der Waals surface area (Å²) in [7, 11) is -3.61. The number of benzene rings is 2. The zero-order chi connectivity index (χ0) is 24.6. The number of alkyl halides is 3. The van der Waals surface area contributed by atoms with Gasteiger partial charge in [-0.3, -0.25) is 4.79 Å². The lowest BCUT2D eigenvalue weighted by Gasteiger charge is -2.24. The summed E-state index contributed by atoms with van der Waals surface area (Å²) in [6.45, 7) is 2.54. The molecule has 2 aromatic carbocycles. The second-order valence-electron chi connectivity index (χ2n) is 7.41. The van der Waals surface area contributed by atoms with E-state index < -0.39 is 28.7 Å². The lowest BCUT2D eigenvalue weighted by atomic mass is 10.1. The second kappa shape index (κ2) is 11.3. The SMILES string of the molecule is CCN(CC)S(=O)(=O)c1ccc(CCC(=O)N(Cc2ccc(C#N)cc2)CC(F)(F)F)cc1. The molecule has 10 heteroatoms. The molecule has 0 radical (unpaired) electrons. The van der Waals surface area contributed by atoms with Gasteiger partial charge < -0.3 is 4.90 Å². The topological polar surface area (TPSA) is 81.5 Å². The van der Waals surface area contributed by atoms with E-state index in [2.05, 4.69) is 0 Å². The number of sulfonamides is 1. The molecule has 0 bridgehead atoms. The largest absolute Gasteiger partial charge is 0.406 e. The van der Waals surface area contributed by atoms with E-state index in [1.807, 2.05) is 6.07 Å². The number of carbonyl (C=O) groups excluding carboxylic acids is 1. The molecule has 0 aliphatic heterocycles. The number of rotatable bonds is 10. The Kier molecular flexibility index (Phi) is 9.02. The first kappa shape index (κ1) is 26.4. The Labute approximate surface area is 192 Å². The monoisotopic (exact) mass is 481 g/mol. The van der Waals surface area contributed by atoms with Gasteiger partial charge in [0.05, 0.1) is 16.5 Å². The first-order chi connectivity index (χ1) is 15.5. The van der Waals surface area contributed by atoms with Crippen molar-refractivity contribution in [3.05, 3.63) is 65.2 Å². The summed E-state index contributed by atoms with van der Waals surface area (Å²) in [6.07, 6.45) is -4.54. The van der Waals surface area contributed by atoms with E-state index in [1.54, 1.807) is 26.0 Å². The second-order valence-corrected chi connectivity index (χ2v) is 9.34. The fourth-order valence-corrected chi connectivity index (χ4v) is 4.76. The average Bonchev–Trinajstić information content (AvgIpc) is 2.77. The van der Waals surface area contributed by atoms with Gasteiger partial charge in [-0.25, -0.2) is 8.42 Å². The van der Waals surface area contributed by atoms with Crippen LogP contribution in [0.15, 0.2) is 53.4 Å². The molecule has 0 unspecified atom stereocenters. The van der Waals surface area contributed by atoms with Gasteiger partial charge in [-0.2, -0.15) is 22.7 Å². The summed E-state index contributed by atoms with van der Waals surface area (Å²) in [4.78, 5) is 13.4. The molecule has 0 aliphatic carbocycles. The molecule has 0 atom stereocenters. The number of nitrogens with zero attached hydrogens (tertiary/aromatic N) is 3. The molecule has 0 N–H and O–H groups in total. The molecule has 0 spiro atoms. The van der Waals surface area contributed by atoms with Crippen molar-refractivity contribution in [2.24, 2.45) is 0 Å². The van der Waals surface area contributed by atoms with E-state index in [0.29, 0.717) is 29.8 Å². The summed E-state index contributed by atoms with van der Waals surface area (Å²) in [5.41, 5.74) is 1.50. The Morgan fingerprint density at radius 1 is 0.970 bits per heavy atom. The fraction of sp³-hybridized carbons (Fsp3) is 0.391. The lowest BCUT2D eigenvalue weighted by molar-refractivity contribution is -0.162. The van der Waals surface area contributed by atoms with Crippen LogP contribution in [-0.4, -0.2) is 49.3 Å². The van der Waals surface area contributed by atoms with Gasteiger partial charge in [0.15, 0.2) is 0 Å². The molecule has 178 valence electrons. The highest BCUT2D eigenvalue weighted by Crippen LogP contribution is 2.21. The average molecular weight is 482 g/mol. The van der Waals surface area contributed by atoms with Crippen molar-refractivity contribution < 1.29 is 26.4 Å². The zero-order valence-corrected chi connectivity index (χ0v) is 19.3. The molecular weight excluding hydrogens is 455 g/mol. The minimum atomic E-state index is -4.55. The standard InChI is InChI=1S/C23H26F3N3O3S/c1-3-29(4-2)33(31,32)21-12-9-18(10-13-21)11-14-22(30)28(17-23(24,25)26)16-20-7-5-19(15-27)6-8-20/h5-10,12-13H,3-4,11,14,16-17H2,1-2H3. The molecule has 6 nitrogen and oxygen atoms in total. The van der Waals surface area contributed by atoms with Crippen LogP contribution in [0.5, 0.6) is 0 Å². The molecule has 0 saturated heterocycles. The van der Waals surface area contributed by atoms with Crippen LogP contribution in [0.1, 0.15) is 37.0 Å². The van der Waals surface area contributed by atoms with Crippen molar-refractivity contribution in [3.63, 3.8) is 0 Å². The normalized spacial score (nSPS) is 11.9. The predicted octanol–water partition coefficient (Wildman–Crippen LogP) is 4.11. The minimum absolute atomic E-state index is 0.126. The maximum absolute atomic E-state index is 13.0. The van der Waals surface area contributed by atoms with Gasteiger partial charge in [-0.1, -0.05) is 38.1 Å². The van der Waals surface area contributed by atoms with E-state index in [1.165, 1.54) is 40.7 Å². The van der Waals surface area contributed by atoms with Crippen LogP contribution in [0.2, 0.25) is 0 Å². The Morgan fingerprint density at radius 3 is 2.00 bits per heavy atom. The number of nitriles is 1. The molecule has 0 aromatic heterocycles. The lowest BCUT2D eigenvalue weighted by Crippen LogP contribution is -2.38. The molecule has 0 aliphatic rings. The number of hydrogen-bond donors (Lipinski definition) is 0. The Hall–Kier alpha value is -2.90. The molecular formula is C23H26F3N3O3S. The Bertz CT molecular complexity index is 1070. The van der Waals surface area contributed by atoms with Crippen molar-refractivity contribution in [1.29, 1.82) is 5.26 Å². The van der Waals surface area contributed by atoms with Gasteiger partial charge in [0.2, 0.25) is 15.9 Å². The van der Waals surface area contributed by atoms with Gasteiger partial charge in [0.25, 0.3) is 0 Å².